The van der Waals surface area contributed by atoms with Crippen molar-refractivity contribution in [1.29, 1.82) is 0 Å². The second kappa shape index (κ2) is 22.0. The van der Waals surface area contributed by atoms with Gasteiger partial charge in [-0.15, -0.1) is 0 Å². The third kappa shape index (κ3) is 12.3. The number of methoxy groups -OCH3 is 1. The second-order valence-electron chi connectivity index (χ2n) is 15.2. The molecule has 0 saturated heterocycles. The highest BCUT2D eigenvalue weighted by Gasteiger charge is 2.35. The van der Waals surface area contributed by atoms with Crippen LogP contribution in [-0.2, 0) is 14.3 Å². The lowest BCUT2D eigenvalue weighted by Crippen LogP contribution is -2.56. The first-order valence-corrected chi connectivity index (χ1v) is 20.3. The number of aromatic hydroxyl groups is 2. The lowest BCUT2D eigenvalue weighted by molar-refractivity contribution is -0.134. The van der Waals surface area contributed by atoms with E-state index >= 15 is 0 Å². The van der Waals surface area contributed by atoms with Crippen LogP contribution in [0.1, 0.15) is 79.5 Å². The molecule has 0 fully saturated rings. The van der Waals surface area contributed by atoms with E-state index in [1.165, 1.54) is 91.0 Å². The molecule has 0 unspecified atom stereocenters. The Morgan fingerprint density at radius 3 is 1.47 bits per heavy atom. The molecule has 356 valence electrons. The zero-order valence-corrected chi connectivity index (χ0v) is 36.9. The van der Waals surface area contributed by atoms with Gasteiger partial charge in [0.2, 0.25) is 11.8 Å². The molecule has 0 radical (unpaired) electrons. The number of nitrogens with zero attached hydrogens (tertiary/aromatic N) is 1. The van der Waals surface area contributed by atoms with Crippen LogP contribution in [0.25, 0.3) is 0 Å². The zero-order valence-electron chi connectivity index (χ0n) is 36.9. The summed E-state index contributed by atoms with van der Waals surface area (Å²) in [7, 11) is 1.11. The summed E-state index contributed by atoms with van der Waals surface area (Å²) in [5.41, 5.74) is 5.12. The molecule has 2 atom stereocenters. The van der Waals surface area contributed by atoms with E-state index in [1.807, 2.05) is 0 Å². The number of benzene rings is 5. The molecule has 0 aliphatic heterocycles. The third-order valence-electron chi connectivity index (χ3n) is 9.52. The molecule has 0 aliphatic rings. The van der Waals surface area contributed by atoms with E-state index in [4.69, 9.17) is 25.2 Å². The summed E-state index contributed by atoms with van der Waals surface area (Å²) in [4.78, 5) is 90.4. The van der Waals surface area contributed by atoms with E-state index in [2.05, 4.69) is 26.6 Å². The van der Waals surface area contributed by atoms with Gasteiger partial charge in [0.15, 0.2) is 29.1 Å². The van der Waals surface area contributed by atoms with Gasteiger partial charge in [-0.1, -0.05) is 0 Å². The number of nitrogens with one attached hydrogen (secondary N) is 5. The number of hydrogen-bond donors (Lipinski definition) is 10. The first-order valence-electron chi connectivity index (χ1n) is 20.3. The normalized spacial score (nSPS) is 11.7. The molecule has 0 heterocycles. The lowest BCUT2D eigenvalue weighted by Gasteiger charge is -2.24. The SMILES string of the molecule is CO[C@@H](C(N)=O)[C@H](NC(=O)c1ccc(NC(=O)c2ccc(N([O-])O)cc2)cc1)C(=O)Nc1ccc(C(=O)Nc2ccc(C(=O)Nc3ccc(C(=O)O)c(O)c3OC(C)C)c(O)c2OC(C)C)cc1. The molecule has 5 aromatic rings. The maximum Gasteiger partial charge on any atom is 0.339 e. The van der Waals surface area contributed by atoms with Gasteiger partial charge in [-0.3, -0.25) is 34.0 Å². The molecular weight excluding hydrogens is 891 g/mol. The largest absolute Gasteiger partial charge is 0.733 e. The lowest BCUT2D eigenvalue weighted by atomic mass is 10.1. The molecule has 0 aromatic heterocycles. The van der Waals surface area contributed by atoms with Crippen molar-refractivity contribution < 1.29 is 68.3 Å². The van der Waals surface area contributed by atoms with Gasteiger partial charge >= 0.3 is 5.97 Å². The van der Waals surface area contributed by atoms with Gasteiger partial charge in [-0.05, 0) is 125 Å². The Morgan fingerprint density at radius 2 is 1.01 bits per heavy atom. The molecule has 22 nitrogen and oxygen atoms in total. The smallest absolute Gasteiger partial charge is 0.339 e. The minimum atomic E-state index is -1.67. The number of rotatable bonds is 19. The molecule has 0 aliphatic carbocycles. The number of carboxylic acids is 1. The van der Waals surface area contributed by atoms with E-state index in [0.29, 0.717) is 0 Å². The number of carbonyl (C=O) groups excluding carboxylic acids is 6. The first-order chi connectivity index (χ1) is 32.2. The van der Waals surface area contributed by atoms with Gasteiger partial charge in [-0.2, -0.15) is 0 Å². The third-order valence-corrected chi connectivity index (χ3v) is 9.52. The Labute approximate surface area is 387 Å². The van der Waals surface area contributed by atoms with Crippen molar-refractivity contribution in [2.45, 2.75) is 52.0 Å². The van der Waals surface area contributed by atoms with Crippen LogP contribution < -0.4 is 47.0 Å². The average Bonchev–Trinajstić information content (AvgIpc) is 3.28. The number of amides is 6. The second-order valence-corrected chi connectivity index (χ2v) is 15.2. The molecule has 11 N–H and O–H groups in total. The molecule has 5 rings (SSSR count). The number of ether oxygens (including phenoxy) is 3. The number of aromatic carboxylic acids is 1. The van der Waals surface area contributed by atoms with E-state index in [9.17, 15) is 54.1 Å². The predicted molar refractivity (Wildman–Crippen MR) is 245 cm³/mol. The van der Waals surface area contributed by atoms with Crippen molar-refractivity contribution in [2.75, 3.05) is 33.6 Å². The van der Waals surface area contributed by atoms with E-state index < -0.39 is 82.8 Å². The minimum Gasteiger partial charge on any atom is -0.733 e. The highest BCUT2D eigenvalue weighted by molar-refractivity contribution is 6.11. The molecule has 22 heteroatoms. The molecule has 6 amide bonds. The number of phenols is 2. The van der Waals surface area contributed by atoms with Crippen LogP contribution in [0, 0.1) is 5.21 Å². The van der Waals surface area contributed by atoms with Gasteiger partial charge in [0.25, 0.3) is 23.6 Å². The molecule has 0 saturated carbocycles. The maximum absolute atomic E-state index is 13.6. The van der Waals surface area contributed by atoms with Crippen LogP contribution in [0.4, 0.5) is 28.4 Å². The molecule has 0 spiro atoms. The summed E-state index contributed by atoms with van der Waals surface area (Å²) < 4.78 is 16.5. The quantitative estimate of drug-likeness (QED) is 0.0484. The molecule has 68 heavy (non-hydrogen) atoms. The number of anilines is 5. The Morgan fingerprint density at radius 1 is 0.588 bits per heavy atom. The number of hydrogen-bond acceptors (Lipinski definition) is 15. The van der Waals surface area contributed by atoms with Crippen LogP contribution in [0.15, 0.2) is 97.1 Å². The van der Waals surface area contributed by atoms with Gasteiger partial charge in [0, 0.05) is 35.2 Å². The standard InChI is InChI=1S/C46H46N7O15/c1-22(2)67-37-32(20-18-30(35(37)54)44(60)51-33-21-19-31(46(62)63)36(55)38(33)68-23(3)4)50-42(58)24-6-14-28(15-7-24)49-45(61)34(39(66-5)40(47)56)52-43(59)25-8-12-27(13-9-25)48-41(57)26-10-16-29(17-11-26)53(64)65/h6-23,34,39,54-55,64H,1-5H3,(H2,47,56)(H,48,57)(H,49,61)(H,50,58)(H,51,60)(H,52,59)(H,62,63)/q-1/t34-,39+/m0/s1. The van der Waals surface area contributed by atoms with Crippen LogP contribution in [-0.4, -0.2) is 93.4 Å². The minimum absolute atomic E-state index is 0.0169. The Bertz CT molecular complexity index is 2710. The van der Waals surface area contributed by atoms with Crippen LogP contribution >= 0.6 is 0 Å². The van der Waals surface area contributed by atoms with Gasteiger partial charge < -0.3 is 72.3 Å². The molecule has 0 bridgehead atoms. The van der Waals surface area contributed by atoms with E-state index in [-0.39, 0.29) is 67.4 Å². The van der Waals surface area contributed by atoms with Crippen LogP contribution in [0.3, 0.4) is 0 Å². The summed E-state index contributed by atoms with van der Waals surface area (Å²) >= 11 is 0. The summed E-state index contributed by atoms with van der Waals surface area (Å²) in [5.74, 6) is -8.40. The number of carbonyl (C=O) groups is 7. The summed E-state index contributed by atoms with van der Waals surface area (Å²) in [6.07, 6.45) is -2.74. The van der Waals surface area contributed by atoms with Crippen molar-refractivity contribution in [3.05, 3.63) is 130 Å². The Kier molecular flexibility index (Phi) is 16.2. The van der Waals surface area contributed by atoms with Gasteiger partial charge in [0.05, 0.1) is 34.8 Å². The fourth-order valence-electron chi connectivity index (χ4n) is 6.28. The Balaban J connectivity index is 1.27. The zero-order chi connectivity index (χ0) is 50.0. The molecular formula is C46H46N7O15-. The Hall–Kier alpha value is -8.73. The van der Waals surface area contributed by atoms with Crippen molar-refractivity contribution in [3.8, 4) is 23.0 Å². The van der Waals surface area contributed by atoms with E-state index in [0.717, 1.165) is 13.2 Å². The highest BCUT2D eigenvalue weighted by atomic mass is 16.8. The fourth-order valence-corrected chi connectivity index (χ4v) is 6.28. The molecule has 5 aromatic carbocycles. The van der Waals surface area contributed by atoms with Crippen molar-refractivity contribution >= 4 is 69.8 Å². The monoisotopic (exact) mass is 936 g/mol. The number of carboxylic acid groups (broad SMARTS) is 1. The topological polar surface area (TPSA) is 341 Å². The summed E-state index contributed by atoms with van der Waals surface area (Å²) in [5, 5.41) is 63.7. The van der Waals surface area contributed by atoms with Crippen molar-refractivity contribution in [2.24, 2.45) is 5.73 Å². The van der Waals surface area contributed by atoms with Gasteiger partial charge in [-0.25, -0.2) is 4.79 Å². The number of phenolic OH excluding ortho intramolecular Hbond substituents is 1. The summed E-state index contributed by atoms with van der Waals surface area (Å²) in [6, 6.07) is 19.0. The fraction of sp³-hybridized carbons (Fsp3) is 0.196. The highest BCUT2D eigenvalue weighted by Crippen LogP contribution is 2.41. The van der Waals surface area contributed by atoms with E-state index in [1.54, 1.807) is 27.7 Å². The number of nitrogens with two attached hydrogens (primary N) is 1. The average molecular weight is 937 g/mol. The predicted octanol–water partition coefficient (Wildman–Crippen LogP) is 5.06. The van der Waals surface area contributed by atoms with Crippen molar-refractivity contribution in [3.63, 3.8) is 0 Å². The van der Waals surface area contributed by atoms with Crippen LogP contribution in [0.5, 0.6) is 23.0 Å². The van der Waals surface area contributed by atoms with Crippen molar-refractivity contribution in [1.82, 2.24) is 5.32 Å². The van der Waals surface area contributed by atoms with Gasteiger partial charge in [0.1, 0.15) is 11.6 Å². The summed E-state index contributed by atoms with van der Waals surface area (Å²) in [6.45, 7) is 6.52. The number of primary amides is 1. The first kappa shape index (κ1) is 50.3. The van der Waals surface area contributed by atoms with Crippen LogP contribution in [0.2, 0.25) is 0 Å². The maximum atomic E-state index is 13.6.